The molecule has 3 rings (SSSR count). The summed E-state index contributed by atoms with van der Waals surface area (Å²) in [6.07, 6.45) is 3.82. The van der Waals surface area contributed by atoms with Gasteiger partial charge in [0.05, 0.1) is 18.1 Å². The lowest BCUT2D eigenvalue weighted by atomic mass is 10.0. The van der Waals surface area contributed by atoms with Crippen molar-refractivity contribution in [1.82, 2.24) is 14.9 Å². The van der Waals surface area contributed by atoms with Crippen LogP contribution in [0.5, 0.6) is 11.5 Å². The molecule has 0 saturated carbocycles. The third-order valence-electron chi connectivity index (χ3n) is 3.21. The van der Waals surface area contributed by atoms with Crippen LogP contribution in [0.15, 0.2) is 30.7 Å². The summed E-state index contributed by atoms with van der Waals surface area (Å²) in [6.45, 7) is 1.21. The molecule has 0 radical (unpaired) electrons. The maximum absolute atomic E-state index is 5.62. The molecule has 0 fully saturated rings. The van der Waals surface area contributed by atoms with Gasteiger partial charge in [-0.1, -0.05) is 6.07 Å². The number of nitrogens with zero attached hydrogens (tertiary/aromatic N) is 2. The highest BCUT2D eigenvalue weighted by Crippen LogP contribution is 2.33. The summed E-state index contributed by atoms with van der Waals surface area (Å²) in [5, 5.41) is 3.28. The molecule has 1 aliphatic heterocycles. The van der Waals surface area contributed by atoms with Gasteiger partial charge in [-0.25, -0.2) is 4.98 Å². The van der Waals surface area contributed by atoms with Gasteiger partial charge in [0, 0.05) is 13.2 Å². The first kappa shape index (κ1) is 12.0. The second kappa shape index (κ2) is 4.93. The van der Waals surface area contributed by atoms with Crippen molar-refractivity contribution in [2.75, 3.05) is 20.3 Å². The number of aromatic nitrogens is 2. The van der Waals surface area contributed by atoms with E-state index in [-0.39, 0.29) is 6.04 Å². The first-order valence-corrected chi connectivity index (χ1v) is 6.32. The van der Waals surface area contributed by atoms with E-state index in [1.54, 1.807) is 6.33 Å². The maximum atomic E-state index is 5.62. The number of nitrogens with one attached hydrogen (secondary N) is 1. The fraction of sp³-hybridized carbons (Fsp3) is 0.357. The van der Waals surface area contributed by atoms with E-state index in [4.69, 9.17) is 9.47 Å². The quantitative estimate of drug-likeness (QED) is 0.907. The van der Waals surface area contributed by atoms with Gasteiger partial charge >= 0.3 is 0 Å². The van der Waals surface area contributed by atoms with Gasteiger partial charge in [-0.15, -0.1) is 0 Å². The van der Waals surface area contributed by atoms with Crippen molar-refractivity contribution in [3.63, 3.8) is 0 Å². The van der Waals surface area contributed by atoms with Crippen LogP contribution in [0.1, 0.15) is 17.3 Å². The van der Waals surface area contributed by atoms with Crippen LogP contribution in [0.4, 0.5) is 0 Å². The minimum atomic E-state index is 0.0528. The van der Waals surface area contributed by atoms with Gasteiger partial charge in [0.15, 0.2) is 11.5 Å². The molecule has 0 aliphatic carbocycles. The molecule has 0 bridgehead atoms. The van der Waals surface area contributed by atoms with E-state index in [1.165, 1.54) is 0 Å². The van der Waals surface area contributed by atoms with Crippen molar-refractivity contribution in [1.29, 1.82) is 0 Å². The Bertz CT molecular complexity index is 580. The largest absolute Gasteiger partial charge is 0.486 e. The predicted octanol–water partition coefficient (Wildman–Crippen LogP) is 1.50. The summed E-state index contributed by atoms with van der Waals surface area (Å²) in [4.78, 5) is 4.40. The van der Waals surface area contributed by atoms with Crippen LogP contribution in [0, 0.1) is 0 Å². The van der Waals surface area contributed by atoms with Gasteiger partial charge in [-0.05, 0) is 24.7 Å². The van der Waals surface area contributed by atoms with Crippen LogP contribution in [-0.4, -0.2) is 29.8 Å². The van der Waals surface area contributed by atoms with Gasteiger partial charge < -0.3 is 19.4 Å². The van der Waals surface area contributed by atoms with Gasteiger partial charge in [0.25, 0.3) is 0 Å². The van der Waals surface area contributed by atoms with E-state index < -0.39 is 0 Å². The number of aryl methyl sites for hydroxylation is 1. The summed E-state index contributed by atoms with van der Waals surface area (Å²) in [6, 6.07) is 6.07. The van der Waals surface area contributed by atoms with Crippen LogP contribution >= 0.6 is 0 Å². The Kier molecular flexibility index (Phi) is 3.13. The molecular formula is C14H17N3O2. The molecule has 2 aromatic rings. The van der Waals surface area contributed by atoms with Crippen molar-refractivity contribution in [3.8, 4) is 11.5 Å². The summed E-state index contributed by atoms with van der Waals surface area (Å²) in [5.74, 6) is 1.62. The molecule has 0 amide bonds. The number of benzene rings is 1. The zero-order valence-electron chi connectivity index (χ0n) is 11.1. The number of hydrogen-bond donors (Lipinski definition) is 1. The third kappa shape index (κ3) is 2.29. The zero-order valence-corrected chi connectivity index (χ0v) is 11.1. The fourth-order valence-electron chi connectivity index (χ4n) is 2.31. The molecule has 1 aromatic carbocycles. The van der Waals surface area contributed by atoms with Crippen molar-refractivity contribution in [3.05, 3.63) is 42.0 Å². The second-order valence-electron chi connectivity index (χ2n) is 4.59. The van der Waals surface area contributed by atoms with E-state index in [2.05, 4.69) is 10.3 Å². The Morgan fingerprint density at radius 3 is 2.74 bits per heavy atom. The molecule has 0 spiro atoms. The lowest BCUT2D eigenvalue weighted by molar-refractivity contribution is 0.171. The number of hydrogen-bond acceptors (Lipinski definition) is 4. The van der Waals surface area contributed by atoms with Crippen LogP contribution in [-0.2, 0) is 7.05 Å². The highest BCUT2D eigenvalue weighted by molar-refractivity contribution is 5.45. The van der Waals surface area contributed by atoms with Gasteiger partial charge in [0.1, 0.15) is 13.2 Å². The van der Waals surface area contributed by atoms with E-state index in [1.807, 2.05) is 43.1 Å². The third-order valence-corrected chi connectivity index (χ3v) is 3.21. The molecule has 1 aliphatic rings. The molecule has 5 heteroatoms. The maximum Gasteiger partial charge on any atom is 0.161 e. The van der Waals surface area contributed by atoms with Crippen molar-refractivity contribution in [2.24, 2.45) is 7.05 Å². The number of rotatable bonds is 3. The molecule has 5 nitrogen and oxygen atoms in total. The molecule has 1 atom stereocenters. The molecule has 100 valence electrons. The fourth-order valence-corrected chi connectivity index (χ4v) is 2.31. The van der Waals surface area contributed by atoms with E-state index >= 15 is 0 Å². The topological polar surface area (TPSA) is 48.3 Å². The van der Waals surface area contributed by atoms with Gasteiger partial charge in [-0.2, -0.15) is 0 Å². The first-order chi connectivity index (χ1) is 9.28. The monoisotopic (exact) mass is 259 g/mol. The summed E-state index contributed by atoms with van der Waals surface area (Å²) in [7, 11) is 3.89. The lowest BCUT2D eigenvalue weighted by Gasteiger charge is -2.21. The Labute approximate surface area is 112 Å². The smallest absolute Gasteiger partial charge is 0.161 e. The minimum absolute atomic E-state index is 0.0528. The Morgan fingerprint density at radius 2 is 2.05 bits per heavy atom. The number of imidazole rings is 1. The van der Waals surface area contributed by atoms with E-state index in [0.717, 1.165) is 22.8 Å². The summed E-state index contributed by atoms with van der Waals surface area (Å²) in [5.41, 5.74) is 2.10. The molecule has 2 heterocycles. The average molecular weight is 259 g/mol. The molecule has 1 unspecified atom stereocenters. The Balaban J connectivity index is 1.95. The Hall–Kier alpha value is -2.01. The minimum Gasteiger partial charge on any atom is -0.486 e. The number of ether oxygens (including phenoxy) is 2. The van der Waals surface area contributed by atoms with E-state index in [9.17, 15) is 0 Å². The van der Waals surface area contributed by atoms with Gasteiger partial charge in [0.2, 0.25) is 0 Å². The van der Waals surface area contributed by atoms with Crippen molar-refractivity contribution >= 4 is 0 Å². The Morgan fingerprint density at radius 1 is 1.26 bits per heavy atom. The van der Waals surface area contributed by atoms with E-state index in [0.29, 0.717) is 13.2 Å². The van der Waals surface area contributed by atoms with Gasteiger partial charge in [-0.3, -0.25) is 0 Å². The standard InChI is InChI=1S/C14H17N3O2/c1-15-14(11-8-17(2)9-16-11)10-3-4-12-13(7-10)19-6-5-18-12/h3-4,7-9,14-15H,5-6H2,1-2H3. The molecule has 1 N–H and O–H groups in total. The molecular weight excluding hydrogens is 242 g/mol. The average Bonchev–Trinajstić information content (AvgIpc) is 2.86. The van der Waals surface area contributed by atoms with Crippen molar-refractivity contribution in [2.45, 2.75) is 6.04 Å². The second-order valence-corrected chi connectivity index (χ2v) is 4.59. The molecule has 1 aromatic heterocycles. The SMILES string of the molecule is CNC(c1ccc2c(c1)OCCO2)c1cn(C)cn1. The lowest BCUT2D eigenvalue weighted by Crippen LogP contribution is -2.19. The highest BCUT2D eigenvalue weighted by atomic mass is 16.6. The van der Waals surface area contributed by atoms with Crippen LogP contribution < -0.4 is 14.8 Å². The van der Waals surface area contributed by atoms with Crippen LogP contribution in [0.2, 0.25) is 0 Å². The molecule has 0 saturated heterocycles. The number of fused-ring (bicyclic) bond motifs is 1. The van der Waals surface area contributed by atoms with Crippen LogP contribution in [0.3, 0.4) is 0 Å². The predicted molar refractivity (Wildman–Crippen MR) is 71.5 cm³/mol. The first-order valence-electron chi connectivity index (χ1n) is 6.32. The normalized spacial score (nSPS) is 15.3. The zero-order chi connectivity index (χ0) is 13.2. The summed E-state index contributed by atoms with van der Waals surface area (Å²) >= 11 is 0. The van der Waals surface area contributed by atoms with Crippen molar-refractivity contribution < 1.29 is 9.47 Å². The molecule has 19 heavy (non-hydrogen) atoms. The van der Waals surface area contributed by atoms with Crippen LogP contribution in [0.25, 0.3) is 0 Å². The summed E-state index contributed by atoms with van der Waals surface area (Å²) < 4.78 is 13.1. The highest BCUT2D eigenvalue weighted by Gasteiger charge is 2.18.